The normalized spacial score (nSPS) is 22.5. The highest BCUT2D eigenvalue weighted by molar-refractivity contribution is 5.68. The smallest absolute Gasteiger partial charge is 0.410 e. The van der Waals surface area contributed by atoms with Gasteiger partial charge in [-0.05, 0) is 52.2 Å². The molecule has 1 N–H and O–H groups in total. The lowest BCUT2D eigenvalue weighted by Gasteiger charge is -2.37. The molecule has 0 aliphatic carbocycles. The molecule has 0 radical (unpaired) electrons. The highest BCUT2D eigenvalue weighted by atomic mass is 16.6. The molecule has 1 heterocycles. The van der Waals surface area contributed by atoms with Gasteiger partial charge in [-0.1, -0.05) is 23.8 Å². The van der Waals surface area contributed by atoms with Gasteiger partial charge in [0.1, 0.15) is 5.60 Å². The van der Waals surface area contributed by atoms with Crippen molar-refractivity contribution in [3.05, 3.63) is 34.9 Å². The van der Waals surface area contributed by atoms with Crippen molar-refractivity contribution in [2.24, 2.45) is 0 Å². The molecular formula is C18H27NO3. The first-order valence-electron chi connectivity index (χ1n) is 7.90. The molecule has 1 saturated heterocycles. The number of aliphatic hydroxyl groups is 1. The summed E-state index contributed by atoms with van der Waals surface area (Å²) < 4.78 is 5.39. The van der Waals surface area contributed by atoms with E-state index in [9.17, 15) is 9.90 Å². The van der Waals surface area contributed by atoms with Crippen LogP contribution in [0.15, 0.2) is 18.2 Å². The van der Waals surface area contributed by atoms with Gasteiger partial charge in [-0.25, -0.2) is 4.79 Å². The topological polar surface area (TPSA) is 49.8 Å². The Morgan fingerprint density at radius 3 is 2.59 bits per heavy atom. The second-order valence-electron chi connectivity index (χ2n) is 7.25. The number of likely N-dealkylation sites (tertiary alicyclic amines) is 1. The second-order valence-corrected chi connectivity index (χ2v) is 7.25. The largest absolute Gasteiger partial charge is 0.444 e. The second kappa shape index (κ2) is 6.29. The van der Waals surface area contributed by atoms with E-state index in [1.165, 1.54) is 16.7 Å². The molecule has 0 bridgehead atoms. The highest BCUT2D eigenvalue weighted by Gasteiger charge is 2.33. The summed E-state index contributed by atoms with van der Waals surface area (Å²) in [6, 6.07) is 6.32. The molecule has 0 spiro atoms. The van der Waals surface area contributed by atoms with Crippen LogP contribution in [0, 0.1) is 13.8 Å². The molecule has 0 saturated carbocycles. The predicted molar refractivity (Wildman–Crippen MR) is 87.1 cm³/mol. The number of rotatable bonds is 1. The summed E-state index contributed by atoms with van der Waals surface area (Å²) in [5.41, 5.74) is 3.07. The van der Waals surface area contributed by atoms with E-state index in [4.69, 9.17) is 4.74 Å². The Bertz CT molecular complexity index is 548. The van der Waals surface area contributed by atoms with Crippen LogP contribution in [0.4, 0.5) is 4.79 Å². The van der Waals surface area contributed by atoms with Crippen molar-refractivity contribution in [2.45, 2.75) is 58.7 Å². The maximum Gasteiger partial charge on any atom is 0.410 e. The Kier molecular flexibility index (Phi) is 4.81. The number of aryl methyl sites for hydroxylation is 2. The van der Waals surface area contributed by atoms with E-state index in [2.05, 4.69) is 32.0 Å². The van der Waals surface area contributed by atoms with Gasteiger partial charge in [0.25, 0.3) is 0 Å². The van der Waals surface area contributed by atoms with E-state index in [0.29, 0.717) is 13.1 Å². The molecule has 1 aromatic rings. The number of aliphatic hydroxyl groups excluding tert-OH is 1. The number of carbonyl (C=O) groups is 1. The zero-order chi connectivity index (χ0) is 16.5. The molecule has 122 valence electrons. The SMILES string of the molecule is Cc1ccc(C)c(C2CCN(C(=O)OC(C)(C)C)CC2O)c1. The maximum absolute atomic E-state index is 12.1. The molecular weight excluding hydrogens is 278 g/mol. The average Bonchev–Trinajstić information content (AvgIpc) is 2.40. The van der Waals surface area contributed by atoms with Crippen molar-refractivity contribution >= 4 is 6.09 Å². The number of amides is 1. The zero-order valence-electron chi connectivity index (χ0n) is 14.2. The first kappa shape index (κ1) is 16.8. The molecule has 1 aliphatic heterocycles. The van der Waals surface area contributed by atoms with Gasteiger partial charge in [0.2, 0.25) is 0 Å². The van der Waals surface area contributed by atoms with Gasteiger partial charge in [0.05, 0.1) is 12.6 Å². The van der Waals surface area contributed by atoms with E-state index in [0.717, 1.165) is 6.42 Å². The molecule has 2 unspecified atom stereocenters. The molecule has 4 heteroatoms. The van der Waals surface area contributed by atoms with Crippen molar-refractivity contribution in [3.63, 3.8) is 0 Å². The Morgan fingerprint density at radius 2 is 2.00 bits per heavy atom. The number of ether oxygens (including phenoxy) is 1. The maximum atomic E-state index is 12.1. The third-order valence-corrected chi connectivity index (χ3v) is 4.07. The number of nitrogens with zero attached hydrogens (tertiary/aromatic N) is 1. The molecule has 1 amide bonds. The van der Waals surface area contributed by atoms with Crippen LogP contribution in [0.5, 0.6) is 0 Å². The summed E-state index contributed by atoms with van der Waals surface area (Å²) in [6.07, 6.45) is -0.141. The van der Waals surface area contributed by atoms with E-state index in [-0.39, 0.29) is 12.0 Å². The fourth-order valence-electron chi connectivity index (χ4n) is 2.95. The molecule has 2 rings (SSSR count). The lowest BCUT2D eigenvalue weighted by atomic mass is 9.84. The van der Waals surface area contributed by atoms with E-state index >= 15 is 0 Å². The third kappa shape index (κ3) is 4.01. The number of β-amino-alcohol motifs (C(OH)–C–C–N with tert-alkyl or cyclic N) is 1. The van der Waals surface area contributed by atoms with Gasteiger partial charge < -0.3 is 14.7 Å². The van der Waals surface area contributed by atoms with Gasteiger partial charge >= 0.3 is 6.09 Å². The molecule has 1 aromatic carbocycles. The van der Waals surface area contributed by atoms with E-state index in [1.807, 2.05) is 20.8 Å². The average molecular weight is 305 g/mol. The lowest BCUT2D eigenvalue weighted by molar-refractivity contribution is -0.00157. The standard InChI is InChI=1S/C18H27NO3/c1-12-6-7-13(2)15(10-12)14-8-9-19(11-16(14)20)17(21)22-18(3,4)5/h6-7,10,14,16,20H,8-9,11H2,1-5H3. The Morgan fingerprint density at radius 1 is 1.32 bits per heavy atom. The summed E-state index contributed by atoms with van der Waals surface area (Å²) in [7, 11) is 0. The van der Waals surface area contributed by atoms with Crippen molar-refractivity contribution < 1.29 is 14.6 Å². The third-order valence-electron chi connectivity index (χ3n) is 4.07. The van der Waals surface area contributed by atoms with Crippen LogP contribution in [-0.2, 0) is 4.74 Å². The van der Waals surface area contributed by atoms with Crippen LogP contribution in [0.3, 0.4) is 0 Å². The van der Waals surface area contributed by atoms with Gasteiger partial charge in [0, 0.05) is 12.5 Å². The number of piperidine rings is 1. The van der Waals surface area contributed by atoms with Crippen molar-refractivity contribution in [1.29, 1.82) is 0 Å². The molecule has 2 atom stereocenters. The minimum Gasteiger partial charge on any atom is -0.444 e. The number of carbonyl (C=O) groups excluding carboxylic acids is 1. The van der Waals surface area contributed by atoms with Crippen LogP contribution in [0.25, 0.3) is 0 Å². The number of hydrogen-bond donors (Lipinski definition) is 1. The fraction of sp³-hybridized carbons (Fsp3) is 0.611. The summed E-state index contributed by atoms with van der Waals surface area (Å²) in [5, 5.41) is 10.5. The van der Waals surface area contributed by atoms with Gasteiger partial charge in [-0.3, -0.25) is 0 Å². The van der Waals surface area contributed by atoms with Gasteiger partial charge in [-0.2, -0.15) is 0 Å². The monoisotopic (exact) mass is 305 g/mol. The molecule has 0 aromatic heterocycles. The molecule has 22 heavy (non-hydrogen) atoms. The number of hydrogen-bond acceptors (Lipinski definition) is 3. The van der Waals surface area contributed by atoms with Crippen molar-refractivity contribution in [3.8, 4) is 0 Å². The quantitative estimate of drug-likeness (QED) is 0.865. The van der Waals surface area contributed by atoms with Gasteiger partial charge in [-0.15, -0.1) is 0 Å². The molecule has 1 fully saturated rings. The molecule has 4 nitrogen and oxygen atoms in total. The fourth-order valence-corrected chi connectivity index (χ4v) is 2.95. The minimum atomic E-state index is -0.554. The van der Waals surface area contributed by atoms with E-state index in [1.54, 1.807) is 4.90 Å². The number of benzene rings is 1. The zero-order valence-corrected chi connectivity index (χ0v) is 14.2. The van der Waals surface area contributed by atoms with Crippen LogP contribution < -0.4 is 0 Å². The van der Waals surface area contributed by atoms with Crippen molar-refractivity contribution in [1.82, 2.24) is 4.90 Å². The summed E-state index contributed by atoms with van der Waals surface area (Å²) in [5.74, 6) is 0.0820. The molecule has 1 aliphatic rings. The Labute approximate surface area is 133 Å². The minimum absolute atomic E-state index is 0.0820. The summed E-state index contributed by atoms with van der Waals surface area (Å²) >= 11 is 0. The van der Waals surface area contributed by atoms with Crippen LogP contribution in [-0.4, -0.2) is 40.9 Å². The summed E-state index contributed by atoms with van der Waals surface area (Å²) in [6.45, 7) is 10.6. The van der Waals surface area contributed by atoms with Crippen LogP contribution in [0.1, 0.15) is 49.8 Å². The van der Waals surface area contributed by atoms with Gasteiger partial charge in [0.15, 0.2) is 0 Å². The Hall–Kier alpha value is -1.55. The highest BCUT2D eigenvalue weighted by Crippen LogP contribution is 2.31. The predicted octanol–water partition coefficient (Wildman–Crippen LogP) is 3.39. The Balaban J connectivity index is 2.07. The summed E-state index contributed by atoms with van der Waals surface area (Å²) in [4.78, 5) is 13.7. The first-order chi connectivity index (χ1) is 10.2. The first-order valence-corrected chi connectivity index (χ1v) is 7.90. The van der Waals surface area contributed by atoms with Crippen molar-refractivity contribution in [2.75, 3.05) is 13.1 Å². The van der Waals surface area contributed by atoms with Crippen LogP contribution >= 0.6 is 0 Å². The van der Waals surface area contributed by atoms with E-state index < -0.39 is 11.7 Å². The van der Waals surface area contributed by atoms with Crippen LogP contribution in [0.2, 0.25) is 0 Å². The lowest BCUT2D eigenvalue weighted by Crippen LogP contribution is -2.47.